The van der Waals surface area contributed by atoms with Crippen LogP contribution in [0.2, 0.25) is 0 Å². The molecule has 4 rings (SSSR count). The molecule has 0 aliphatic heterocycles. The highest BCUT2D eigenvalue weighted by atomic mass is 35.5. The van der Waals surface area contributed by atoms with Crippen LogP contribution in [0.15, 0.2) is 28.8 Å². The molecule has 132 valence electrons. The van der Waals surface area contributed by atoms with Gasteiger partial charge in [-0.3, -0.25) is 9.59 Å². The number of benzene rings is 1. The van der Waals surface area contributed by atoms with Crippen molar-refractivity contribution in [3.8, 4) is 5.75 Å². The highest BCUT2D eigenvalue weighted by Gasteiger charge is 2.53. The number of hydrogen-bond donors (Lipinski definition) is 0. The zero-order valence-corrected chi connectivity index (χ0v) is 15.4. The van der Waals surface area contributed by atoms with Crippen LogP contribution in [-0.4, -0.2) is 12.3 Å². The fourth-order valence-electron chi connectivity index (χ4n) is 5.55. The maximum Gasteiger partial charge on any atom is 0.308 e. The molecule has 4 atom stereocenters. The largest absolute Gasteiger partial charge is 0.427 e. The first-order valence-corrected chi connectivity index (χ1v) is 9.47. The fourth-order valence-corrected chi connectivity index (χ4v) is 5.91. The first kappa shape index (κ1) is 16.8. The molecule has 0 N–H and O–H groups in total. The number of fused-ring (bicyclic) bond motifs is 5. The maximum atomic E-state index is 11.4. The monoisotopic (exact) mass is 358 g/mol. The number of aryl methyl sites for hydroxylation is 1. The number of aldehydes is 1. The van der Waals surface area contributed by atoms with E-state index in [1.54, 1.807) is 0 Å². The summed E-state index contributed by atoms with van der Waals surface area (Å²) in [5, 5.41) is 0.807. The van der Waals surface area contributed by atoms with Gasteiger partial charge in [0.25, 0.3) is 0 Å². The van der Waals surface area contributed by atoms with Gasteiger partial charge < -0.3 is 4.74 Å². The Labute approximate surface area is 153 Å². The summed E-state index contributed by atoms with van der Waals surface area (Å²) in [5.41, 5.74) is 3.47. The van der Waals surface area contributed by atoms with Crippen molar-refractivity contribution in [2.45, 2.75) is 51.9 Å². The van der Waals surface area contributed by atoms with E-state index in [1.807, 2.05) is 12.1 Å². The molecule has 0 radical (unpaired) electrons. The van der Waals surface area contributed by atoms with Gasteiger partial charge in [-0.15, -0.1) is 0 Å². The Bertz CT molecular complexity index is 781. The van der Waals surface area contributed by atoms with Crippen molar-refractivity contribution in [3.05, 3.63) is 39.9 Å². The molecular formula is C21H23ClO3. The zero-order chi connectivity index (χ0) is 17.8. The van der Waals surface area contributed by atoms with E-state index in [2.05, 4.69) is 13.0 Å². The Kier molecular flexibility index (Phi) is 4.03. The van der Waals surface area contributed by atoms with Crippen LogP contribution in [0, 0.1) is 17.3 Å². The lowest BCUT2D eigenvalue weighted by molar-refractivity contribution is -0.131. The van der Waals surface area contributed by atoms with Gasteiger partial charge in [-0.2, -0.15) is 0 Å². The van der Waals surface area contributed by atoms with Gasteiger partial charge in [0.15, 0.2) is 0 Å². The Morgan fingerprint density at radius 1 is 1.36 bits per heavy atom. The highest BCUT2D eigenvalue weighted by Crippen LogP contribution is 2.63. The predicted molar refractivity (Wildman–Crippen MR) is 96.7 cm³/mol. The van der Waals surface area contributed by atoms with Crippen LogP contribution in [-0.2, 0) is 16.0 Å². The summed E-state index contributed by atoms with van der Waals surface area (Å²) in [6.07, 6.45) is 6.01. The smallest absolute Gasteiger partial charge is 0.308 e. The summed E-state index contributed by atoms with van der Waals surface area (Å²) in [5.74, 6) is 1.90. The molecule has 0 heterocycles. The van der Waals surface area contributed by atoms with E-state index in [9.17, 15) is 9.59 Å². The summed E-state index contributed by atoms with van der Waals surface area (Å²) >= 11 is 6.59. The highest BCUT2D eigenvalue weighted by molar-refractivity contribution is 6.32. The average molecular weight is 359 g/mol. The molecule has 25 heavy (non-hydrogen) atoms. The van der Waals surface area contributed by atoms with E-state index in [4.69, 9.17) is 16.3 Å². The van der Waals surface area contributed by atoms with Gasteiger partial charge in [0.05, 0.1) is 0 Å². The van der Waals surface area contributed by atoms with E-state index in [0.717, 1.165) is 49.0 Å². The Hall–Kier alpha value is -1.61. The summed E-state index contributed by atoms with van der Waals surface area (Å²) < 4.78 is 5.24. The van der Waals surface area contributed by atoms with Crippen molar-refractivity contribution >= 4 is 23.9 Å². The summed E-state index contributed by atoms with van der Waals surface area (Å²) in [6, 6.07) is 6.07. The first-order valence-electron chi connectivity index (χ1n) is 9.09. The van der Waals surface area contributed by atoms with Crippen LogP contribution >= 0.6 is 11.6 Å². The molecule has 4 heteroatoms. The normalized spacial score (nSPS) is 33.3. The number of esters is 1. The van der Waals surface area contributed by atoms with Crippen molar-refractivity contribution in [3.63, 3.8) is 0 Å². The number of ether oxygens (including phenoxy) is 1. The van der Waals surface area contributed by atoms with Gasteiger partial charge >= 0.3 is 5.97 Å². The van der Waals surface area contributed by atoms with Crippen LogP contribution in [0.25, 0.3) is 0 Å². The molecular weight excluding hydrogens is 336 g/mol. The average Bonchev–Trinajstić information content (AvgIpc) is 2.85. The summed E-state index contributed by atoms with van der Waals surface area (Å²) in [6.45, 7) is 3.67. The molecule has 0 spiro atoms. The van der Waals surface area contributed by atoms with Crippen molar-refractivity contribution < 1.29 is 14.3 Å². The minimum absolute atomic E-state index is 0.0336. The number of hydrogen-bond acceptors (Lipinski definition) is 3. The minimum Gasteiger partial charge on any atom is -0.427 e. The van der Waals surface area contributed by atoms with Crippen molar-refractivity contribution in [1.29, 1.82) is 0 Å². The first-order chi connectivity index (χ1) is 11.9. The molecule has 3 aliphatic carbocycles. The maximum absolute atomic E-state index is 11.4. The molecule has 3 nitrogen and oxygen atoms in total. The van der Waals surface area contributed by atoms with Gasteiger partial charge in [-0.1, -0.05) is 24.6 Å². The third kappa shape index (κ3) is 2.55. The molecule has 0 saturated heterocycles. The minimum atomic E-state index is -0.282. The summed E-state index contributed by atoms with van der Waals surface area (Å²) in [7, 11) is 0. The second-order valence-electron chi connectivity index (χ2n) is 7.99. The van der Waals surface area contributed by atoms with Gasteiger partial charge in [-0.25, -0.2) is 0 Å². The number of halogens is 1. The van der Waals surface area contributed by atoms with Gasteiger partial charge in [0.2, 0.25) is 0 Å². The Morgan fingerprint density at radius 3 is 2.88 bits per heavy atom. The van der Waals surface area contributed by atoms with Crippen LogP contribution < -0.4 is 4.74 Å². The van der Waals surface area contributed by atoms with Crippen LogP contribution in [0.1, 0.15) is 56.6 Å². The number of allylic oxidation sites excluding steroid dienone is 2. The quantitative estimate of drug-likeness (QED) is 0.434. The third-order valence-electron chi connectivity index (χ3n) is 6.71. The molecule has 1 fully saturated rings. The topological polar surface area (TPSA) is 43.4 Å². The van der Waals surface area contributed by atoms with Crippen molar-refractivity contribution in [2.75, 3.05) is 0 Å². The van der Waals surface area contributed by atoms with Gasteiger partial charge in [0.1, 0.15) is 12.0 Å². The lowest BCUT2D eigenvalue weighted by Crippen LogP contribution is -2.40. The molecule has 1 aromatic rings. The summed E-state index contributed by atoms with van der Waals surface area (Å²) in [4.78, 5) is 22.6. The van der Waals surface area contributed by atoms with Crippen LogP contribution in [0.3, 0.4) is 0 Å². The lowest BCUT2D eigenvalue weighted by Gasteiger charge is -2.49. The molecule has 3 aliphatic rings. The number of carbonyl (C=O) groups excluding carboxylic acids is 2. The van der Waals surface area contributed by atoms with Gasteiger partial charge in [-0.05, 0) is 73.1 Å². The fraction of sp³-hybridized carbons (Fsp3) is 0.524. The molecule has 0 bridgehead atoms. The van der Waals surface area contributed by atoms with E-state index in [1.165, 1.54) is 18.1 Å². The Morgan fingerprint density at radius 2 is 2.16 bits per heavy atom. The van der Waals surface area contributed by atoms with E-state index in [-0.39, 0.29) is 11.4 Å². The SMILES string of the molecule is CC(=O)Oc1ccc2c(c1)CC[C@@H]1[C@@H]2CC[C@]2(C)C(Cl)=C(C=O)C[C@@H]12. The second-order valence-corrected chi connectivity index (χ2v) is 8.37. The third-order valence-corrected chi connectivity index (χ3v) is 7.39. The van der Waals surface area contributed by atoms with E-state index < -0.39 is 0 Å². The second kappa shape index (κ2) is 5.98. The standard InChI is InChI=1S/C21H23ClO3/c1-12(24)25-15-4-6-16-13(9-15)3-5-18-17(16)7-8-21(2)19(18)10-14(11-23)20(21)22/h4,6,9,11,17-19H,3,5,7-8,10H2,1-2H3/t17-,18-,19+,21+/m1/s1. The predicted octanol–water partition coefficient (Wildman–Crippen LogP) is 4.77. The Balaban J connectivity index is 1.65. The molecule has 1 saturated carbocycles. The van der Waals surface area contributed by atoms with E-state index in [0.29, 0.717) is 23.5 Å². The number of carbonyl (C=O) groups is 2. The molecule has 0 aromatic heterocycles. The number of rotatable bonds is 2. The lowest BCUT2D eigenvalue weighted by atomic mass is 9.55. The van der Waals surface area contributed by atoms with Crippen molar-refractivity contribution in [1.82, 2.24) is 0 Å². The van der Waals surface area contributed by atoms with E-state index >= 15 is 0 Å². The zero-order valence-electron chi connectivity index (χ0n) is 14.7. The van der Waals surface area contributed by atoms with Crippen LogP contribution in [0.4, 0.5) is 0 Å². The molecule has 1 aromatic carbocycles. The van der Waals surface area contributed by atoms with Crippen LogP contribution in [0.5, 0.6) is 5.75 Å². The van der Waals surface area contributed by atoms with Gasteiger partial charge in [0, 0.05) is 22.9 Å². The molecule has 0 unspecified atom stereocenters. The van der Waals surface area contributed by atoms with Crippen molar-refractivity contribution in [2.24, 2.45) is 17.3 Å². The molecule has 0 amide bonds.